The summed E-state index contributed by atoms with van der Waals surface area (Å²) in [5, 5.41) is 7.85. The van der Waals surface area contributed by atoms with Gasteiger partial charge in [-0.15, -0.1) is 0 Å². The number of fused-ring (bicyclic) bond motifs is 4. The van der Waals surface area contributed by atoms with Crippen LogP contribution in [0.3, 0.4) is 0 Å². The molecule has 0 spiro atoms. The third kappa shape index (κ3) is 7.82. The number of anilines is 1. The number of hydrogen-bond donors (Lipinski definition) is 1. The first-order chi connectivity index (χ1) is 22.5. The SMILES string of the molecule is CC(C)CC[NH2+]c1ccc2ccccc2c1C(C)(C)C/C=C/C=C/C=C/C=C1/N(CCC(C)C)c2ccc3ccccc3c2C1(C)C. The van der Waals surface area contributed by atoms with Crippen LogP contribution in [0, 0.1) is 11.8 Å². The number of nitrogens with zero attached hydrogens (tertiary/aromatic N) is 1. The lowest BCUT2D eigenvalue weighted by molar-refractivity contribution is -0.573. The number of benzene rings is 4. The molecular weight excluding hydrogens is 569 g/mol. The van der Waals surface area contributed by atoms with Crippen LogP contribution in [0.2, 0.25) is 0 Å². The summed E-state index contributed by atoms with van der Waals surface area (Å²) in [6.45, 7) is 21.0. The molecule has 0 bridgehead atoms. The molecular formula is C45H57N2+. The highest BCUT2D eigenvalue weighted by atomic mass is 15.2. The smallest absolute Gasteiger partial charge is 0.133 e. The van der Waals surface area contributed by atoms with Crippen LogP contribution in [0.1, 0.15) is 85.8 Å². The third-order valence-electron chi connectivity index (χ3n) is 9.89. The van der Waals surface area contributed by atoms with Crippen molar-refractivity contribution in [3.8, 4) is 0 Å². The highest BCUT2D eigenvalue weighted by Gasteiger charge is 2.40. The van der Waals surface area contributed by atoms with Gasteiger partial charge in [-0.2, -0.15) is 0 Å². The summed E-state index contributed by atoms with van der Waals surface area (Å²) in [4.78, 5) is 2.57. The molecule has 0 saturated heterocycles. The first kappa shape index (κ1) is 34.5. The van der Waals surface area contributed by atoms with Gasteiger partial charge in [-0.05, 0) is 87.9 Å². The van der Waals surface area contributed by atoms with E-state index in [1.165, 1.54) is 62.6 Å². The summed E-state index contributed by atoms with van der Waals surface area (Å²) in [5.41, 5.74) is 6.99. The molecule has 1 aliphatic rings. The van der Waals surface area contributed by atoms with Gasteiger partial charge in [0.2, 0.25) is 0 Å². The second-order valence-electron chi connectivity index (χ2n) is 15.4. The van der Waals surface area contributed by atoms with E-state index in [9.17, 15) is 0 Å². The van der Waals surface area contributed by atoms with Crippen molar-refractivity contribution in [1.29, 1.82) is 0 Å². The molecule has 0 unspecified atom stereocenters. The van der Waals surface area contributed by atoms with Gasteiger partial charge in [0, 0.05) is 28.9 Å². The van der Waals surface area contributed by atoms with E-state index >= 15 is 0 Å². The highest BCUT2D eigenvalue weighted by molar-refractivity contribution is 5.95. The Bertz CT molecular complexity index is 1790. The first-order valence-corrected chi connectivity index (χ1v) is 17.9. The molecule has 4 aromatic carbocycles. The van der Waals surface area contributed by atoms with Crippen molar-refractivity contribution in [1.82, 2.24) is 0 Å². The number of quaternary nitrogens is 1. The van der Waals surface area contributed by atoms with E-state index in [1.54, 1.807) is 0 Å². The van der Waals surface area contributed by atoms with E-state index in [4.69, 9.17) is 0 Å². The zero-order valence-electron chi connectivity index (χ0n) is 30.2. The van der Waals surface area contributed by atoms with E-state index in [1.807, 2.05) is 0 Å². The quantitative estimate of drug-likeness (QED) is 0.116. The van der Waals surface area contributed by atoms with Gasteiger partial charge < -0.3 is 10.2 Å². The molecule has 0 atom stereocenters. The summed E-state index contributed by atoms with van der Waals surface area (Å²) in [7, 11) is 0. The van der Waals surface area contributed by atoms with Crippen LogP contribution in [0.15, 0.2) is 121 Å². The molecule has 0 fully saturated rings. The lowest BCUT2D eigenvalue weighted by atomic mass is 9.78. The van der Waals surface area contributed by atoms with Crippen LogP contribution in [0.4, 0.5) is 11.4 Å². The Morgan fingerprint density at radius 2 is 1.34 bits per heavy atom. The van der Waals surface area contributed by atoms with Crippen molar-refractivity contribution < 1.29 is 5.32 Å². The standard InChI is InChI=1S/C45H56N2/c1-33(2)28-31-46-39-26-24-35-19-14-16-21-37(35)42(39)44(5,6)30-18-12-10-9-11-13-23-41-45(7,8)43-38-22-17-15-20-36(38)25-27-40(43)47(41)32-29-34(3)4/h9-27,33-34,46H,28-32H2,1-8H3/p+1/b10-9+,13-11+,18-12+,41-23+. The molecule has 0 radical (unpaired) electrons. The summed E-state index contributed by atoms with van der Waals surface area (Å²) < 4.78 is 0. The first-order valence-electron chi connectivity index (χ1n) is 17.9. The van der Waals surface area contributed by atoms with Crippen LogP contribution < -0.4 is 10.2 Å². The average molecular weight is 626 g/mol. The number of hydrogen-bond acceptors (Lipinski definition) is 1. The van der Waals surface area contributed by atoms with Crippen molar-refractivity contribution in [2.24, 2.45) is 11.8 Å². The molecule has 246 valence electrons. The maximum Gasteiger partial charge on any atom is 0.133 e. The average Bonchev–Trinajstić information content (AvgIpc) is 3.26. The number of allylic oxidation sites excluding steroid dienone is 8. The molecule has 5 rings (SSSR count). The van der Waals surface area contributed by atoms with Crippen molar-refractivity contribution >= 4 is 32.9 Å². The van der Waals surface area contributed by atoms with E-state index in [0.29, 0.717) is 11.8 Å². The maximum absolute atomic E-state index is 2.57. The molecule has 1 heterocycles. The van der Waals surface area contributed by atoms with Crippen LogP contribution in [0.25, 0.3) is 21.5 Å². The van der Waals surface area contributed by atoms with Crippen molar-refractivity contribution in [3.63, 3.8) is 0 Å². The van der Waals surface area contributed by atoms with Crippen molar-refractivity contribution in [3.05, 3.63) is 132 Å². The number of nitrogens with two attached hydrogens (primary N) is 1. The van der Waals surface area contributed by atoms with E-state index in [0.717, 1.165) is 19.5 Å². The summed E-state index contributed by atoms with van der Waals surface area (Å²) >= 11 is 0. The lowest BCUT2D eigenvalue weighted by Gasteiger charge is -2.27. The lowest BCUT2D eigenvalue weighted by Crippen LogP contribution is -2.78. The Hall–Kier alpha value is -3.88. The van der Waals surface area contributed by atoms with Gasteiger partial charge in [-0.3, -0.25) is 0 Å². The van der Waals surface area contributed by atoms with Gasteiger partial charge in [0.25, 0.3) is 0 Å². The molecule has 0 aliphatic carbocycles. The Morgan fingerprint density at radius 3 is 2.06 bits per heavy atom. The molecule has 2 heteroatoms. The highest BCUT2D eigenvalue weighted by Crippen LogP contribution is 2.50. The Labute approximate surface area is 285 Å². The van der Waals surface area contributed by atoms with Crippen molar-refractivity contribution in [2.75, 3.05) is 18.0 Å². The fourth-order valence-corrected chi connectivity index (χ4v) is 7.33. The van der Waals surface area contributed by atoms with Gasteiger partial charge in [-0.1, -0.05) is 146 Å². The monoisotopic (exact) mass is 625 g/mol. The van der Waals surface area contributed by atoms with Crippen LogP contribution in [-0.2, 0) is 10.8 Å². The summed E-state index contributed by atoms with van der Waals surface area (Å²) in [6.07, 6.45) is 19.0. The largest absolute Gasteiger partial charge is 0.344 e. The third-order valence-corrected chi connectivity index (χ3v) is 9.89. The molecule has 4 aromatic rings. The van der Waals surface area contributed by atoms with E-state index in [-0.39, 0.29) is 10.8 Å². The van der Waals surface area contributed by atoms with Gasteiger partial charge in [0.05, 0.1) is 6.54 Å². The van der Waals surface area contributed by atoms with E-state index < -0.39 is 0 Å². The molecule has 1 aliphatic heterocycles. The molecule has 0 saturated carbocycles. The van der Waals surface area contributed by atoms with Crippen molar-refractivity contribution in [2.45, 2.75) is 85.5 Å². The predicted octanol–water partition coefficient (Wildman–Crippen LogP) is 11.3. The maximum atomic E-state index is 2.57. The predicted molar refractivity (Wildman–Crippen MR) is 207 cm³/mol. The summed E-state index contributed by atoms with van der Waals surface area (Å²) in [5.74, 6) is 1.38. The molecule has 0 aromatic heterocycles. The Balaban J connectivity index is 1.31. The van der Waals surface area contributed by atoms with Crippen LogP contribution >= 0.6 is 0 Å². The minimum absolute atomic E-state index is 0.0157. The van der Waals surface area contributed by atoms with Gasteiger partial charge in [-0.25, -0.2) is 0 Å². The minimum Gasteiger partial charge on any atom is -0.344 e. The Kier molecular flexibility index (Phi) is 10.9. The fourth-order valence-electron chi connectivity index (χ4n) is 7.33. The zero-order valence-corrected chi connectivity index (χ0v) is 30.2. The summed E-state index contributed by atoms with van der Waals surface area (Å²) in [6, 6.07) is 26.9. The zero-order chi connectivity index (χ0) is 33.6. The van der Waals surface area contributed by atoms with E-state index in [2.05, 4.69) is 181 Å². The minimum atomic E-state index is -0.0700. The van der Waals surface area contributed by atoms with Gasteiger partial charge in [0.15, 0.2) is 0 Å². The Morgan fingerprint density at radius 1 is 0.723 bits per heavy atom. The van der Waals surface area contributed by atoms with Gasteiger partial charge >= 0.3 is 0 Å². The van der Waals surface area contributed by atoms with Crippen LogP contribution in [-0.4, -0.2) is 13.1 Å². The molecule has 2 nitrogen and oxygen atoms in total. The molecule has 2 N–H and O–H groups in total. The second-order valence-corrected chi connectivity index (χ2v) is 15.4. The van der Waals surface area contributed by atoms with Gasteiger partial charge in [0.1, 0.15) is 5.69 Å². The molecule has 0 amide bonds. The topological polar surface area (TPSA) is 19.9 Å². The fraction of sp³-hybridized carbons (Fsp3) is 0.378. The van der Waals surface area contributed by atoms with Crippen LogP contribution in [0.5, 0.6) is 0 Å². The number of rotatable bonds is 13. The normalized spacial score (nSPS) is 16.0. The second kappa shape index (κ2) is 14.9. The molecule has 47 heavy (non-hydrogen) atoms.